The topological polar surface area (TPSA) is 161 Å². The zero-order valence-corrected chi connectivity index (χ0v) is 22.2. The standard InChI is InChI=1S/C33H20O10/c34-26-7-1-16(10-20(26)14-28(36)18-3-5-22-24(12-18)32(40)42-30(22)38)9-17-2-8-27(35)21(11-17)15-29(37)19-4-6-23-25(13-19)33(41)43-31(23)39/h1-8,10-13,34-35H,9,14-15H2. The van der Waals surface area contributed by atoms with Gasteiger partial charge in [-0.25, -0.2) is 19.2 Å². The van der Waals surface area contributed by atoms with Crippen LogP contribution in [0.2, 0.25) is 0 Å². The number of esters is 4. The molecule has 2 heterocycles. The third-order valence-electron chi connectivity index (χ3n) is 7.33. The molecule has 0 fully saturated rings. The molecule has 10 nitrogen and oxygen atoms in total. The van der Waals surface area contributed by atoms with Crippen molar-refractivity contribution < 1.29 is 48.5 Å². The normalized spacial score (nSPS) is 13.4. The summed E-state index contributed by atoms with van der Waals surface area (Å²) in [6.07, 6.45) is 0.00986. The molecule has 43 heavy (non-hydrogen) atoms. The summed E-state index contributed by atoms with van der Waals surface area (Å²) in [6.45, 7) is 0. The molecule has 2 N–H and O–H groups in total. The van der Waals surface area contributed by atoms with Gasteiger partial charge in [-0.1, -0.05) is 36.4 Å². The average molecular weight is 577 g/mol. The van der Waals surface area contributed by atoms with E-state index in [4.69, 9.17) is 0 Å². The maximum atomic E-state index is 13.0. The summed E-state index contributed by atoms with van der Waals surface area (Å²) in [4.78, 5) is 73.0. The molecule has 4 aromatic rings. The highest BCUT2D eigenvalue weighted by Gasteiger charge is 2.31. The minimum Gasteiger partial charge on any atom is -0.508 e. The molecule has 0 aliphatic carbocycles. The zero-order chi connectivity index (χ0) is 30.4. The van der Waals surface area contributed by atoms with Crippen molar-refractivity contribution in [3.05, 3.63) is 128 Å². The van der Waals surface area contributed by atoms with E-state index in [1.807, 2.05) is 0 Å². The van der Waals surface area contributed by atoms with E-state index in [9.17, 15) is 39.0 Å². The number of phenolic OH excluding ortho intramolecular Hbond substituents is 2. The van der Waals surface area contributed by atoms with Crippen LogP contribution in [0.1, 0.15) is 84.4 Å². The van der Waals surface area contributed by atoms with E-state index in [1.165, 1.54) is 48.5 Å². The lowest BCUT2D eigenvalue weighted by Gasteiger charge is -2.11. The third kappa shape index (κ3) is 5.17. The van der Waals surface area contributed by atoms with Crippen LogP contribution in [0, 0.1) is 0 Å². The van der Waals surface area contributed by atoms with Crippen LogP contribution in [0.5, 0.6) is 11.5 Å². The number of aromatic hydroxyl groups is 2. The molecule has 6 rings (SSSR count). The van der Waals surface area contributed by atoms with E-state index >= 15 is 0 Å². The summed E-state index contributed by atoms with van der Waals surface area (Å²) in [7, 11) is 0. The van der Waals surface area contributed by atoms with E-state index in [1.54, 1.807) is 24.3 Å². The van der Waals surface area contributed by atoms with Gasteiger partial charge < -0.3 is 19.7 Å². The molecular formula is C33H20O10. The lowest BCUT2D eigenvalue weighted by Crippen LogP contribution is -2.07. The molecule has 0 spiro atoms. The van der Waals surface area contributed by atoms with Crippen molar-refractivity contribution in [1.82, 2.24) is 0 Å². The maximum absolute atomic E-state index is 13.0. The van der Waals surface area contributed by atoms with Crippen LogP contribution in [0.25, 0.3) is 0 Å². The number of cyclic esters (lactones) is 4. The molecule has 0 amide bonds. The molecule has 2 aliphatic heterocycles. The minimum absolute atomic E-state index is 0.0178. The highest BCUT2D eigenvalue weighted by Crippen LogP contribution is 2.28. The largest absolute Gasteiger partial charge is 0.508 e. The Balaban J connectivity index is 1.18. The van der Waals surface area contributed by atoms with Crippen molar-refractivity contribution >= 4 is 35.4 Å². The number of benzene rings is 4. The Hall–Kier alpha value is -5.90. The maximum Gasteiger partial charge on any atom is 0.346 e. The van der Waals surface area contributed by atoms with Gasteiger partial charge in [0.15, 0.2) is 11.6 Å². The predicted molar refractivity (Wildman–Crippen MR) is 147 cm³/mol. The quantitative estimate of drug-likeness (QED) is 0.177. The van der Waals surface area contributed by atoms with Crippen molar-refractivity contribution in [2.75, 3.05) is 0 Å². The Kier molecular flexibility index (Phi) is 6.66. The van der Waals surface area contributed by atoms with Crippen molar-refractivity contribution in [1.29, 1.82) is 0 Å². The van der Waals surface area contributed by atoms with Gasteiger partial charge in [0.1, 0.15) is 11.5 Å². The number of hydrogen-bond acceptors (Lipinski definition) is 10. The number of fused-ring (bicyclic) bond motifs is 2. The number of Topliss-reactive ketones (excluding diaryl/α,β-unsaturated/α-hetero) is 2. The molecule has 212 valence electrons. The Morgan fingerprint density at radius 2 is 0.907 bits per heavy atom. The monoisotopic (exact) mass is 576 g/mol. The third-order valence-corrected chi connectivity index (χ3v) is 7.33. The van der Waals surface area contributed by atoms with E-state index < -0.39 is 23.9 Å². The first-order valence-electron chi connectivity index (χ1n) is 13.1. The van der Waals surface area contributed by atoms with Gasteiger partial charge in [-0.3, -0.25) is 9.59 Å². The molecule has 0 saturated heterocycles. The van der Waals surface area contributed by atoms with Crippen molar-refractivity contribution in [3.8, 4) is 11.5 Å². The van der Waals surface area contributed by atoms with Crippen LogP contribution < -0.4 is 0 Å². The van der Waals surface area contributed by atoms with Gasteiger partial charge in [-0.15, -0.1) is 0 Å². The number of ether oxygens (including phenoxy) is 2. The summed E-state index contributed by atoms with van der Waals surface area (Å²) in [6, 6.07) is 17.8. The highest BCUT2D eigenvalue weighted by molar-refractivity contribution is 6.16. The number of ketones is 2. The molecular weight excluding hydrogens is 556 g/mol. The van der Waals surface area contributed by atoms with Gasteiger partial charge in [0.25, 0.3) is 0 Å². The van der Waals surface area contributed by atoms with Crippen LogP contribution in [-0.4, -0.2) is 45.7 Å². The molecule has 4 aromatic carbocycles. The van der Waals surface area contributed by atoms with Crippen molar-refractivity contribution in [3.63, 3.8) is 0 Å². The van der Waals surface area contributed by atoms with Gasteiger partial charge in [-0.2, -0.15) is 0 Å². The SMILES string of the molecule is O=C(Cc1cc(Cc2ccc(O)c(CC(=O)c3ccc4c(c3)C(=O)OC4=O)c2)ccc1O)c1ccc2c(c1)C(=O)OC2=O. The lowest BCUT2D eigenvalue weighted by molar-refractivity contribution is 0.0425. The number of carbonyl (C=O) groups is 6. The minimum atomic E-state index is -0.817. The van der Waals surface area contributed by atoms with E-state index in [2.05, 4.69) is 9.47 Å². The van der Waals surface area contributed by atoms with Crippen LogP contribution >= 0.6 is 0 Å². The Morgan fingerprint density at radius 1 is 0.512 bits per heavy atom. The van der Waals surface area contributed by atoms with Crippen LogP contribution in [0.4, 0.5) is 0 Å². The van der Waals surface area contributed by atoms with Gasteiger partial charge in [0, 0.05) is 35.1 Å². The molecule has 2 aliphatic rings. The fraction of sp³-hybridized carbons (Fsp3) is 0.0909. The fourth-order valence-corrected chi connectivity index (χ4v) is 5.08. The van der Waals surface area contributed by atoms with Crippen molar-refractivity contribution in [2.45, 2.75) is 19.3 Å². The lowest BCUT2D eigenvalue weighted by atomic mass is 9.94. The summed E-state index contributed by atoms with van der Waals surface area (Å²) >= 11 is 0. The number of hydrogen-bond donors (Lipinski definition) is 2. The van der Waals surface area contributed by atoms with Crippen LogP contribution in [0.3, 0.4) is 0 Å². The molecule has 0 atom stereocenters. The number of carbonyl (C=O) groups excluding carboxylic acids is 6. The summed E-state index contributed by atoms with van der Waals surface area (Å²) < 4.78 is 9.13. The molecule has 0 radical (unpaired) electrons. The summed E-state index contributed by atoms with van der Waals surface area (Å²) in [5.74, 6) is -4.10. The second-order valence-corrected chi connectivity index (χ2v) is 10.2. The number of phenols is 2. The second kappa shape index (κ2) is 10.5. The van der Waals surface area contributed by atoms with E-state index in [0.717, 1.165) is 11.1 Å². The van der Waals surface area contributed by atoms with Gasteiger partial charge in [-0.05, 0) is 53.9 Å². The molecule has 0 saturated carbocycles. The summed E-state index contributed by atoms with van der Waals surface area (Å²) in [5, 5.41) is 20.8. The average Bonchev–Trinajstić information content (AvgIpc) is 3.44. The smallest absolute Gasteiger partial charge is 0.346 e. The number of rotatable bonds is 8. The zero-order valence-electron chi connectivity index (χ0n) is 22.2. The first kappa shape index (κ1) is 27.3. The highest BCUT2D eigenvalue weighted by atomic mass is 16.6. The summed E-state index contributed by atoms with van der Waals surface area (Å²) in [5.41, 5.74) is 2.79. The van der Waals surface area contributed by atoms with Gasteiger partial charge in [0.05, 0.1) is 22.3 Å². The van der Waals surface area contributed by atoms with E-state index in [0.29, 0.717) is 17.5 Å². The predicted octanol–water partition coefficient (Wildman–Crippen LogP) is 4.16. The fourth-order valence-electron chi connectivity index (χ4n) is 5.08. The second-order valence-electron chi connectivity index (χ2n) is 10.2. The Bertz CT molecular complexity index is 1800. The molecule has 0 bridgehead atoms. The molecule has 0 unspecified atom stereocenters. The van der Waals surface area contributed by atoms with E-state index in [-0.39, 0.29) is 69.3 Å². The van der Waals surface area contributed by atoms with Crippen LogP contribution in [0.15, 0.2) is 72.8 Å². The molecule has 10 heteroatoms. The molecule has 0 aromatic heterocycles. The first-order valence-corrected chi connectivity index (χ1v) is 13.1. The van der Waals surface area contributed by atoms with Crippen molar-refractivity contribution in [2.24, 2.45) is 0 Å². The van der Waals surface area contributed by atoms with Crippen LogP contribution in [-0.2, 0) is 28.7 Å². The van der Waals surface area contributed by atoms with Gasteiger partial charge in [0.2, 0.25) is 0 Å². The Morgan fingerprint density at radius 3 is 1.33 bits per heavy atom. The van der Waals surface area contributed by atoms with Gasteiger partial charge >= 0.3 is 23.9 Å². The first-order chi connectivity index (χ1) is 20.6. The Labute approximate surface area is 243 Å².